The highest BCUT2D eigenvalue weighted by molar-refractivity contribution is 5.60. The first-order chi connectivity index (χ1) is 10.7. The van der Waals surface area contributed by atoms with E-state index in [2.05, 4.69) is 10.2 Å². The fourth-order valence-electron chi connectivity index (χ4n) is 2.07. The van der Waals surface area contributed by atoms with Crippen molar-refractivity contribution in [1.82, 2.24) is 14.6 Å². The predicted molar refractivity (Wildman–Crippen MR) is 68.4 cm³/mol. The largest absolute Gasteiger partial charge is 0.416 e. The lowest BCUT2D eigenvalue weighted by Gasteiger charge is -2.08. The summed E-state index contributed by atoms with van der Waals surface area (Å²) in [7, 11) is 0. The quantitative estimate of drug-likeness (QED) is 0.617. The zero-order valence-electron chi connectivity index (χ0n) is 11.2. The minimum absolute atomic E-state index is 0.0466. The maximum Gasteiger partial charge on any atom is 0.416 e. The molecular weight excluding hydrogens is 324 g/mol. The van der Waals surface area contributed by atoms with E-state index in [0.29, 0.717) is 5.56 Å². The molecule has 3 nitrogen and oxygen atoms in total. The lowest BCUT2D eigenvalue weighted by molar-refractivity contribution is -0.138. The highest BCUT2D eigenvalue weighted by atomic mass is 19.4. The summed E-state index contributed by atoms with van der Waals surface area (Å²) in [5.41, 5.74) is -1.44. The summed E-state index contributed by atoms with van der Waals surface area (Å²) in [6.45, 7) is 0. The van der Waals surface area contributed by atoms with Crippen molar-refractivity contribution in [1.29, 1.82) is 0 Å². The van der Waals surface area contributed by atoms with Gasteiger partial charge < -0.3 is 0 Å². The standard InChI is InChI=1S/C14H7F6N3/c15-13(16,17)9-3-1-8(2-4-9)12-22-21-11-7-10(14(18,19)20)5-6-23(11)12/h1-7H. The first-order valence-corrected chi connectivity index (χ1v) is 6.26. The van der Waals surface area contributed by atoms with Crippen LogP contribution in [0.3, 0.4) is 0 Å². The van der Waals surface area contributed by atoms with Crippen LogP contribution < -0.4 is 0 Å². The number of pyridine rings is 1. The van der Waals surface area contributed by atoms with Crippen LogP contribution in [0.2, 0.25) is 0 Å². The molecule has 0 radical (unpaired) electrons. The molecule has 0 saturated carbocycles. The number of aromatic nitrogens is 3. The molecule has 0 atom stereocenters. The molecule has 0 amide bonds. The molecule has 0 aliphatic carbocycles. The number of hydrogen-bond acceptors (Lipinski definition) is 2. The van der Waals surface area contributed by atoms with Gasteiger partial charge in [-0.15, -0.1) is 10.2 Å². The number of fused-ring (bicyclic) bond motifs is 1. The first-order valence-electron chi connectivity index (χ1n) is 6.26. The van der Waals surface area contributed by atoms with Crippen LogP contribution in [-0.4, -0.2) is 14.6 Å². The third-order valence-electron chi connectivity index (χ3n) is 3.21. The Bertz CT molecular complexity index is 846. The molecule has 3 rings (SSSR count). The minimum atomic E-state index is -4.51. The van der Waals surface area contributed by atoms with Crippen LogP contribution in [-0.2, 0) is 12.4 Å². The number of rotatable bonds is 1. The number of alkyl halides is 6. The van der Waals surface area contributed by atoms with E-state index >= 15 is 0 Å². The average Bonchev–Trinajstić information content (AvgIpc) is 2.88. The van der Waals surface area contributed by atoms with Crippen molar-refractivity contribution in [2.24, 2.45) is 0 Å². The van der Waals surface area contributed by atoms with Crippen LogP contribution in [0.15, 0.2) is 42.6 Å². The van der Waals surface area contributed by atoms with Crippen molar-refractivity contribution in [3.8, 4) is 11.4 Å². The molecule has 2 aromatic heterocycles. The van der Waals surface area contributed by atoms with E-state index in [1.807, 2.05) is 0 Å². The van der Waals surface area contributed by atoms with Gasteiger partial charge in [0.2, 0.25) is 0 Å². The van der Waals surface area contributed by atoms with Crippen LogP contribution in [0.1, 0.15) is 11.1 Å². The van der Waals surface area contributed by atoms with Crippen LogP contribution in [0, 0.1) is 0 Å². The summed E-state index contributed by atoms with van der Waals surface area (Å²) < 4.78 is 76.8. The van der Waals surface area contributed by atoms with E-state index in [1.165, 1.54) is 16.5 Å². The Labute approximate surface area is 125 Å². The third kappa shape index (κ3) is 2.86. The molecule has 23 heavy (non-hydrogen) atoms. The van der Waals surface area contributed by atoms with E-state index in [9.17, 15) is 26.3 Å². The molecule has 120 valence electrons. The predicted octanol–water partition coefficient (Wildman–Crippen LogP) is 4.43. The highest BCUT2D eigenvalue weighted by Gasteiger charge is 2.31. The highest BCUT2D eigenvalue weighted by Crippen LogP contribution is 2.32. The van der Waals surface area contributed by atoms with Gasteiger partial charge in [0, 0.05) is 11.8 Å². The van der Waals surface area contributed by atoms with Gasteiger partial charge in [0.25, 0.3) is 0 Å². The second-order valence-electron chi connectivity index (χ2n) is 4.74. The maximum atomic E-state index is 12.6. The van der Waals surface area contributed by atoms with Gasteiger partial charge >= 0.3 is 12.4 Å². The topological polar surface area (TPSA) is 30.2 Å². The monoisotopic (exact) mass is 331 g/mol. The Morgan fingerprint density at radius 3 is 1.91 bits per heavy atom. The molecule has 0 spiro atoms. The molecular formula is C14H7F6N3. The normalized spacial score (nSPS) is 12.8. The van der Waals surface area contributed by atoms with Crippen LogP contribution in [0.5, 0.6) is 0 Å². The average molecular weight is 331 g/mol. The number of hydrogen-bond donors (Lipinski definition) is 0. The van der Waals surface area contributed by atoms with Gasteiger partial charge in [-0.3, -0.25) is 4.40 Å². The molecule has 9 heteroatoms. The number of benzene rings is 1. The van der Waals surface area contributed by atoms with Gasteiger partial charge in [-0.2, -0.15) is 26.3 Å². The van der Waals surface area contributed by atoms with Crippen molar-refractivity contribution < 1.29 is 26.3 Å². The van der Waals surface area contributed by atoms with Gasteiger partial charge in [0.15, 0.2) is 11.5 Å². The Morgan fingerprint density at radius 2 is 1.35 bits per heavy atom. The van der Waals surface area contributed by atoms with Gasteiger partial charge in [-0.05, 0) is 24.3 Å². The van der Waals surface area contributed by atoms with Crippen molar-refractivity contribution in [3.05, 3.63) is 53.7 Å². The van der Waals surface area contributed by atoms with Crippen molar-refractivity contribution in [3.63, 3.8) is 0 Å². The summed E-state index contributed by atoms with van der Waals surface area (Å²) in [6.07, 6.45) is -7.85. The molecule has 0 aliphatic heterocycles. The number of halogens is 6. The molecule has 0 unspecified atom stereocenters. The summed E-state index contributed by atoms with van der Waals surface area (Å²) in [5.74, 6) is 0.155. The van der Waals surface area contributed by atoms with Crippen molar-refractivity contribution >= 4 is 5.65 Å². The fourth-order valence-corrected chi connectivity index (χ4v) is 2.07. The summed E-state index contributed by atoms with van der Waals surface area (Å²) >= 11 is 0. The maximum absolute atomic E-state index is 12.6. The summed E-state index contributed by atoms with van der Waals surface area (Å²) in [5, 5.41) is 7.38. The second kappa shape index (κ2) is 4.97. The smallest absolute Gasteiger partial charge is 0.282 e. The molecule has 0 aliphatic rings. The van der Waals surface area contributed by atoms with E-state index in [0.717, 1.165) is 30.5 Å². The minimum Gasteiger partial charge on any atom is -0.282 e. The molecule has 0 bridgehead atoms. The fraction of sp³-hybridized carbons (Fsp3) is 0.143. The van der Waals surface area contributed by atoms with Gasteiger partial charge in [-0.25, -0.2) is 0 Å². The van der Waals surface area contributed by atoms with Gasteiger partial charge in [0.05, 0.1) is 11.1 Å². The SMILES string of the molecule is FC(F)(F)c1ccc(-c2nnc3cc(C(F)(F)F)ccn23)cc1. The Balaban J connectivity index is 2.04. The molecule has 0 N–H and O–H groups in total. The van der Waals surface area contributed by atoms with Crippen molar-refractivity contribution in [2.45, 2.75) is 12.4 Å². The molecule has 3 aromatic rings. The van der Waals surface area contributed by atoms with Crippen LogP contribution in [0.4, 0.5) is 26.3 Å². The lowest BCUT2D eigenvalue weighted by Crippen LogP contribution is -2.05. The van der Waals surface area contributed by atoms with Gasteiger partial charge in [-0.1, -0.05) is 12.1 Å². The third-order valence-corrected chi connectivity index (χ3v) is 3.21. The lowest BCUT2D eigenvalue weighted by atomic mass is 10.1. The van der Waals surface area contributed by atoms with E-state index in [1.54, 1.807) is 0 Å². The zero-order valence-corrected chi connectivity index (χ0v) is 11.2. The van der Waals surface area contributed by atoms with E-state index in [4.69, 9.17) is 0 Å². The molecule has 1 aromatic carbocycles. The van der Waals surface area contributed by atoms with Crippen molar-refractivity contribution in [2.75, 3.05) is 0 Å². The molecule has 0 saturated heterocycles. The Morgan fingerprint density at radius 1 is 0.739 bits per heavy atom. The van der Waals surface area contributed by atoms with Crippen LogP contribution in [0.25, 0.3) is 17.0 Å². The van der Waals surface area contributed by atoms with E-state index in [-0.39, 0.29) is 11.5 Å². The molecule has 2 heterocycles. The second-order valence-corrected chi connectivity index (χ2v) is 4.74. The molecule has 0 fully saturated rings. The van der Waals surface area contributed by atoms with Crippen LogP contribution >= 0.6 is 0 Å². The Kier molecular flexibility index (Phi) is 3.31. The Hall–Kier alpha value is -2.58. The summed E-state index contributed by atoms with van der Waals surface area (Å²) in [6, 6.07) is 5.80. The number of nitrogens with zero attached hydrogens (tertiary/aromatic N) is 3. The van der Waals surface area contributed by atoms with E-state index < -0.39 is 23.5 Å². The summed E-state index contributed by atoms with van der Waals surface area (Å²) in [4.78, 5) is 0. The van der Waals surface area contributed by atoms with Gasteiger partial charge in [0.1, 0.15) is 0 Å². The first kappa shape index (κ1) is 15.3. The zero-order chi connectivity index (χ0) is 16.8.